The van der Waals surface area contributed by atoms with E-state index in [1.54, 1.807) is 22.6 Å². The van der Waals surface area contributed by atoms with Gasteiger partial charge in [0, 0.05) is 19.3 Å². The van der Waals surface area contributed by atoms with Gasteiger partial charge >= 0.3 is 6.03 Å². The highest BCUT2D eigenvalue weighted by atomic mass is 16.2. The summed E-state index contributed by atoms with van der Waals surface area (Å²) in [7, 11) is 1.73. The lowest BCUT2D eigenvalue weighted by molar-refractivity contribution is 0.189. The highest BCUT2D eigenvalue weighted by Gasteiger charge is 2.27. The van der Waals surface area contributed by atoms with Crippen LogP contribution in [0.2, 0.25) is 0 Å². The summed E-state index contributed by atoms with van der Waals surface area (Å²) >= 11 is 0. The van der Waals surface area contributed by atoms with Crippen LogP contribution in [0.5, 0.6) is 0 Å². The molecular formula is C32H38N4O2. The highest BCUT2D eigenvalue weighted by molar-refractivity contribution is 5.92. The molecule has 0 aliphatic rings. The van der Waals surface area contributed by atoms with Gasteiger partial charge in [-0.1, -0.05) is 88.4 Å². The molecule has 0 saturated carbocycles. The van der Waals surface area contributed by atoms with Crippen LogP contribution in [0.15, 0.2) is 77.6 Å². The summed E-state index contributed by atoms with van der Waals surface area (Å²) in [6, 6.07) is 23.1. The van der Waals surface area contributed by atoms with Crippen LogP contribution in [0, 0.1) is 0 Å². The van der Waals surface area contributed by atoms with Gasteiger partial charge in [-0.15, -0.1) is 0 Å². The Morgan fingerprint density at radius 1 is 0.868 bits per heavy atom. The van der Waals surface area contributed by atoms with Crippen molar-refractivity contribution in [2.75, 3.05) is 11.9 Å². The Kier molecular flexibility index (Phi) is 8.30. The number of benzene rings is 3. The van der Waals surface area contributed by atoms with E-state index in [-0.39, 0.29) is 23.4 Å². The van der Waals surface area contributed by atoms with E-state index in [4.69, 9.17) is 4.98 Å². The number of carbonyl (C=O) groups is 1. The van der Waals surface area contributed by atoms with Crippen molar-refractivity contribution >= 4 is 22.6 Å². The summed E-state index contributed by atoms with van der Waals surface area (Å²) in [5.74, 6) is 1.06. The molecule has 1 aromatic heterocycles. The van der Waals surface area contributed by atoms with Gasteiger partial charge in [0.1, 0.15) is 5.82 Å². The van der Waals surface area contributed by atoms with Crippen LogP contribution in [-0.2, 0) is 13.5 Å². The van der Waals surface area contributed by atoms with Crippen LogP contribution >= 0.6 is 0 Å². The molecule has 0 aliphatic carbocycles. The average molecular weight is 511 g/mol. The van der Waals surface area contributed by atoms with Crippen LogP contribution in [0.4, 0.5) is 10.5 Å². The zero-order valence-electron chi connectivity index (χ0n) is 23.2. The molecule has 0 fully saturated rings. The molecular weight excluding hydrogens is 472 g/mol. The Hall–Kier alpha value is -3.93. The van der Waals surface area contributed by atoms with E-state index in [0.717, 1.165) is 22.4 Å². The van der Waals surface area contributed by atoms with E-state index in [1.165, 1.54) is 0 Å². The second kappa shape index (κ2) is 11.6. The van der Waals surface area contributed by atoms with E-state index < -0.39 is 6.04 Å². The van der Waals surface area contributed by atoms with Crippen LogP contribution in [0.3, 0.4) is 0 Å². The largest absolute Gasteiger partial charge is 0.322 e. The van der Waals surface area contributed by atoms with E-state index in [9.17, 15) is 9.59 Å². The molecule has 6 nitrogen and oxygen atoms in total. The van der Waals surface area contributed by atoms with E-state index >= 15 is 0 Å². The summed E-state index contributed by atoms with van der Waals surface area (Å²) in [5, 5.41) is 3.84. The smallest absolute Gasteiger partial charge is 0.314 e. The fraction of sp³-hybridized carbons (Fsp3) is 0.344. The van der Waals surface area contributed by atoms with Gasteiger partial charge in [0.2, 0.25) is 0 Å². The molecule has 3 aromatic carbocycles. The van der Waals surface area contributed by atoms with Gasteiger partial charge in [0.15, 0.2) is 0 Å². The maximum atomic E-state index is 14.1. The van der Waals surface area contributed by atoms with Crippen LogP contribution in [0.25, 0.3) is 10.9 Å². The second-order valence-electron chi connectivity index (χ2n) is 10.5. The summed E-state index contributed by atoms with van der Waals surface area (Å²) in [4.78, 5) is 33.8. The first kappa shape index (κ1) is 27.1. The van der Waals surface area contributed by atoms with Crippen LogP contribution < -0.4 is 10.9 Å². The number of hydrogen-bond acceptors (Lipinski definition) is 3. The zero-order chi connectivity index (χ0) is 27.4. The Bertz CT molecular complexity index is 1450. The topological polar surface area (TPSA) is 67.2 Å². The molecule has 0 bridgehead atoms. The molecule has 1 atom stereocenters. The number of aromatic nitrogens is 2. The van der Waals surface area contributed by atoms with Crippen molar-refractivity contribution in [2.45, 2.75) is 58.9 Å². The third kappa shape index (κ3) is 5.64. The second-order valence-corrected chi connectivity index (χ2v) is 10.5. The fourth-order valence-electron chi connectivity index (χ4n) is 4.99. The number of para-hydroxylation sites is 2. The van der Waals surface area contributed by atoms with E-state index in [2.05, 4.69) is 63.3 Å². The van der Waals surface area contributed by atoms with Crippen molar-refractivity contribution in [1.82, 2.24) is 14.5 Å². The summed E-state index contributed by atoms with van der Waals surface area (Å²) in [6.45, 7) is 11.0. The summed E-state index contributed by atoms with van der Waals surface area (Å²) in [6.07, 6.45) is 0.684. The molecule has 4 aromatic rings. The molecule has 38 heavy (non-hydrogen) atoms. The number of hydrogen-bond donors (Lipinski definition) is 1. The molecule has 0 aliphatic heterocycles. The number of nitrogens with one attached hydrogen (secondary N) is 1. The van der Waals surface area contributed by atoms with Crippen molar-refractivity contribution in [3.05, 3.63) is 106 Å². The number of amides is 2. The van der Waals surface area contributed by atoms with Crippen molar-refractivity contribution < 1.29 is 4.79 Å². The molecule has 1 unspecified atom stereocenters. The lowest BCUT2D eigenvalue weighted by Gasteiger charge is -2.31. The Morgan fingerprint density at radius 3 is 2.11 bits per heavy atom. The highest BCUT2D eigenvalue weighted by Crippen LogP contribution is 2.33. The number of fused-ring (bicyclic) bond motifs is 1. The maximum Gasteiger partial charge on any atom is 0.322 e. The number of urea groups is 1. The van der Waals surface area contributed by atoms with Gasteiger partial charge in [-0.2, -0.15) is 0 Å². The summed E-state index contributed by atoms with van der Waals surface area (Å²) < 4.78 is 1.57. The minimum Gasteiger partial charge on any atom is -0.314 e. The maximum absolute atomic E-state index is 14.1. The molecule has 4 rings (SSSR count). The number of carbonyl (C=O) groups excluding carboxylic acids is 1. The number of rotatable bonds is 8. The Labute approximate surface area is 225 Å². The quantitative estimate of drug-likeness (QED) is 0.277. The molecule has 0 saturated heterocycles. The normalized spacial score (nSPS) is 12.2. The standard InChI is InChI=1S/C32H38N4O2/c1-21(2)25-16-12-17-26(22(3)4)29(25)34-32(38)36(20-19-24-13-8-7-9-14-24)23(5)30-33-28-18-11-10-15-27(28)31(37)35(30)6/h7-18,21-23H,19-20H2,1-6H3,(H,34,38). The first-order chi connectivity index (χ1) is 18.2. The molecule has 198 valence electrons. The monoisotopic (exact) mass is 510 g/mol. The molecule has 2 amide bonds. The van der Waals surface area contributed by atoms with Gasteiger partial charge in [-0.25, -0.2) is 9.78 Å². The third-order valence-electron chi connectivity index (χ3n) is 7.21. The van der Waals surface area contributed by atoms with E-state index in [1.807, 2.05) is 43.3 Å². The minimum atomic E-state index is -0.435. The van der Waals surface area contributed by atoms with Crippen molar-refractivity contribution in [1.29, 1.82) is 0 Å². The molecule has 1 heterocycles. The molecule has 0 radical (unpaired) electrons. The zero-order valence-corrected chi connectivity index (χ0v) is 23.2. The van der Waals surface area contributed by atoms with Crippen LogP contribution in [0.1, 0.15) is 75.0 Å². The number of nitrogens with zero attached hydrogens (tertiary/aromatic N) is 3. The van der Waals surface area contributed by atoms with Crippen molar-refractivity contribution in [3.63, 3.8) is 0 Å². The third-order valence-corrected chi connectivity index (χ3v) is 7.21. The SMILES string of the molecule is CC(C)c1cccc(C(C)C)c1NC(=O)N(CCc1ccccc1)C(C)c1nc2ccccc2c(=O)n1C. The lowest BCUT2D eigenvalue weighted by Crippen LogP contribution is -2.41. The first-order valence-electron chi connectivity index (χ1n) is 13.4. The molecule has 6 heteroatoms. The Balaban J connectivity index is 1.75. The van der Waals surface area contributed by atoms with Gasteiger partial charge in [-0.3, -0.25) is 9.36 Å². The fourth-order valence-corrected chi connectivity index (χ4v) is 4.99. The summed E-state index contributed by atoms with van der Waals surface area (Å²) in [5.41, 5.74) is 4.75. The lowest BCUT2D eigenvalue weighted by atomic mass is 9.92. The molecule has 0 spiro atoms. The average Bonchev–Trinajstić information content (AvgIpc) is 2.91. The van der Waals surface area contributed by atoms with Gasteiger partial charge in [0.05, 0.1) is 16.9 Å². The van der Waals surface area contributed by atoms with Gasteiger partial charge in [0.25, 0.3) is 5.56 Å². The van der Waals surface area contributed by atoms with Crippen molar-refractivity contribution in [3.8, 4) is 0 Å². The van der Waals surface area contributed by atoms with Gasteiger partial charge in [-0.05, 0) is 54.0 Å². The van der Waals surface area contributed by atoms with Crippen molar-refractivity contribution in [2.24, 2.45) is 7.05 Å². The van der Waals surface area contributed by atoms with Crippen LogP contribution in [-0.4, -0.2) is 27.0 Å². The van der Waals surface area contributed by atoms with E-state index in [0.29, 0.717) is 29.7 Å². The number of anilines is 1. The Morgan fingerprint density at radius 2 is 1.47 bits per heavy atom. The predicted molar refractivity (Wildman–Crippen MR) is 156 cm³/mol. The van der Waals surface area contributed by atoms with Gasteiger partial charge < -0.3 is 10.2 Å². The predicted octanol–water partition coefficient (Wildman–Crippen LogP) is 7.02. The molecule has 1 N–H and O–H groups in total. The first-order valence-corrected chi connectivity index (χ1v) is 13.4. The minimum absolute atomic E-state index is 0.117.